The molecule has 2 rings (SSSR count). The summed E-state index contributed by atoms with van der Waals surface area (Å²) in [6.07, 6.45) is 4.90. The maximum Gasteiger partial charge on any atom is 0.191 e. The van der Waals surface area contributed by atoms with Crippen LogP contribution in [-0.2, 0) is 16.4 Å². The lowest BCUT2D eigenvalue weighted by atomic mass is 10.2. The van der Waals surface area contributed by atoms with Crippen molar-refractivity contribution in [1.29, 1.82) is 0 Å². The quantitative estimate of drug-likeness (QED) is 0.244. The molecule has 0 saturated heterocycles. The minimum atomic E-state index is -2.90. The highest BCUT2D eigenvalue weighted by Crippen LogP contribution is 2.15. The number of nitrogens with zero attached hydrogens (tertiary/aromatic N) is 2. The molecule has 0 atom stereocenters. The number of hydrogen-bond donors (Lipinski definition) is 2. The zero-order valence-electron chi connectivity index (χ0n) is 15.4. The van der Waals surface area contributed by atoms with Crippen LogP contribution < -0.4 is 10.6 Å². The number of fused-ring (bicyclic) bond motifs is 1. The van der Waals surface area contributed by atoms with E-state index in [2.05, 4.69) is 56.7 Å². The predicted molar refractivity (Wildman–Crippen MR) is 120 cm³/mol. The SMILES string of the molecule is CCNC(=NCCCn1ccc2ccccc21)NCCCS(C)(=O)=O.I. The molecule has 0 saturated carbocycles. The molecule has 2 aromatic rings. The molecule has 0 radical (unpaired) electrons. The fourth-order valence-electron chi connectivity index (χ4n) is 2.65. The maximum atomic E-state index is 11.1. The molecule has 6 nitrogen and oxygen atoms in total. The Morgan fingerprint density at radius 2 is 1.92 bits per heavy atom. The molecule has 1 heterocycles. The van der Waals surface area contributed by atoms with Crippen molar-refractivity contribution in [3.63, 3.8) is 0 Å². The van der Waals surface area contributed by atoms with Gasteiger partial charge in [0.1, 0.15) is 9.84 Å². The molecule has 0 aliphatic heterocycles. The van der Waals surface area contributed by atoms with Crippen molar-refractivity contribution in [3.05, 3.63) is 36.5 Å². The highest BCUT2D eigenvalue weighted by molar-refractivity contribution is 14.0. The number of benzene rings is 1. The van der Waals surface area contributed by atoms with Crippen molar-refractivity contribution in [2.75, 3.05) is 31.6 Å². The number of rotatable bonds is 9. The van der Waals surface area contributed by atoms with Gasteiger partial charge < -0.3 is 15.2 Å². The average molecular weight is 492 g/mol. The van der Waals surface area contributed by atoms with E-state index in [0.29, 0.717) is 19.5 Å². The van der Waals surface area contributed by atoms with Crippen LogP contribution in [0.3, 0.4) is 0 Å². The third kappa shape index (κ3) is 7.94. The molecule has 0 aliphatic rings. The van der Waals surface area contributed by atoms with E-state index in [-0.39, 0.29) is 29.7 Å². The summed E-state index contributed by atoms with van der Waals surface area (Å²) < 4.78 is 24.5. The van der Waals surface area contributed by atoms with E-state index in [1.54, 1.807) is 0 Å². The first-order valence-corrected chi connectivity index (χ1v) is 10.8. The second kappa shape index (κ2) is 11.4. The van der Waals surface area contributed by atoms with Crippen molar-refractivity contribution in [3.8, 4) is 0 Å². The first kappa shape index (κ1) is 22.8. The lowest BCUT2D eigenvalue weighted by Gasteiger charge is -2.11. The van der Waals surface area contributed by atoms with Crippen LogP contribution in [0.5, 0.6) is 0 Å². The Balaban J connectivity index is 0.00000338. The minimum absolute atomic E-state index is 0. The van der Waals surface area contributed by atoms with Gasteiger partial charge in [-0.05, 0) is 37.3 Å². The van der Waals surface area contributed by atoms with E-state index < -0.39 is 9.84 Å². The molecule has 0 aliphatic carbocycles. The lowest BCUT2D eigenvalue weighted by Crippen LogP contribution is -2.38. The van der Waals surface area contributed by atoms with Crippen molar-refractivity contribution in [1.82, 2.24) is 15.2 Å². The van der Waals surface area contributed by atoms with Gasteiger partial charge in [0.05, 0.1) is 5.75 Å². The minimum Gasteiger partial charge on any atom is -0.357 e. The number of hydrogen-bond acceptors (Lipinski definition) is 3. The molecule has 26 heavy (non-hydrogen) atoms. The van der Waals surface area contributed by atoms with Crippen LogP contribution in [0.25, 0.3) is 10.9 Å². The van der Waals surface area contributed by atoms with Gasteiger partial charge in [-0.25, -0.2) is 8.42 Å². The molecule has 2 N–H and O–H groups in total. The molecular weight excluding hydrogens is 463 g/mol. The van der Waals surface area contributed by atoms with Gasteiger partial charge in [0.15, 0.2) is 5.96 Å². The molecule has 0 bridgehead atoms. The Morgan fingerprint density at radius 3 is 2.65 bits per heavy atom. The smallest absolute Gasteiger partial charge is 0.191 e. The summed E-state index contributed by atoms with van der Waals surface area (Å²) in [5.74, 6) is 0.938. The standard InChI is InChI=1S/C18H28N4O2S.HI/c1-3-19-18(21-12-7-15-25(2,23)24)20-11-6-13-22-14-10-16-8-4-5-9-17(16)22;/h4-5,8-10,14H,3,6-7,11-13,15H2,1-2H3,(H2,19,20,21);1H. The summed E-state index contributed by atoms with van der Waals surface area (Å²) in [6.45, 7) is 5.03. The number of sulfone groups is 1. The van der Waals surface area contributed by atoms with E-state index in [9.17, 15) is 8.42 Å². The first-order valence-electron chi connectivity index (χ1n) is 8.73. The Morgan fingerprint density at radius 1 is 1.15 bits per heavy atom. The van der Waals surface area contributed by atoms with E-state index in [4.69, 9.17) is 0 Å². The zero-order chi connectivity index (χ0) is 18.1. The lowest BCUT2D eigenvalue weighted by molar-refractivity contribution is 0.598. The summed E-state index contributed by atoms with van der Waals surface area (Å²) >= 11 is 0. The van der Waals surface area contributed by atoms with Crippen LogP contribution in [0.2, 0.25) is 0 Å². The summed E-state index contributed by atoms with van der Waals surface area (Å²) in [4.78, 5) is 4.56. The Labute approximate surface area is 173 Å². The molecular formula is C18H29IN4O2S. The fourth-order valence-corrected chi connectivity index (χ4v) is 3.32. The fraction of sp³-hybridized carbons (Fsp3) is 0.500. The van der Waals surface area contributed by atoms with E-state index in [0.717, 1.165) is 25.5 Å². The maximum absolute atomic E-state index is 11.1. The number of aryl methyl sites for hydroxylation is 1. The monoisotopic (exact) mass is 492 g/mol. The van der Waals surface area contributed by atoms with Gasteiger partial charge in [0.25, 0.3) is 0 Å². The normalized spacial score (nSPS) is 12.0. The predicted octanol–water partition coefficient (Wildman–Crippen LogP) is 2.64. The summed E-state index contributed by atoms with van der Waals surface area (Å²) in [7, 11) is -2.90. The van der Waals surface area contributed by atoms with Gasteiger partial charge in [-0.1, -0.05) is 18.2 Å². The van der Waals surface area contributed by atoms with Gasteiger partial charge in [0, 0.05) is 44.1 Å². The molecule has 8 heteroatoms. The van der Waals surface area contributed by atoms with Gasteiger partial charge in [-0.3, -0.25) is 4.99 Å². The van der Waals surface area contributed by atoms with E-state index >= 15 is 0 Å². The van der Waals surface area contributed by atoms with Gasteiger partial charge >= 0.3 is 0 Å². The molecule has 0 unspecified atom stereocenters. The Kier molecular flexibility index (Phi) is 10.0. The number of aliphatic imine (C=N–C) groups is 1. The number of aromatic nitrogens is 1. The van der Waals surface area contributed by atoms with Crippen LogP contribution >= 0.6 is 24.0 Å². The highest BCUT2D eigenvalue weighted by Gasteiger charge is 2.03. The average Bonchev–Trinajstić information content (AvgIpc) is 2.98. The molecule has 0 spiro atoms. The second-order valence-corrected chi connectivity index (χ2v) is 8.35. The summed E-state index contributed by atoms with van der Waals surface area (Å²) in [5.41, 5.74) is 1.25. The zero-order valence-corrected chi connectivity index (χ0v) is 18.6. The summed E-state index contributed by atoms with van der Waals surface area (Å²) in [6, 6.07) is 10.5. The van der Waals surface area contributed by atoms with Crippen LogP contribution in [0.1, 0.15) is 19.8 Å². The number of para-hydroxylation sites is 1. The van der Waals surface area contributed by atoms with Crippen molar-refractivity contribution in [2.24, 2.45) is 4.99 Å². The van der Waals surface area contributed by atoms with Gasteiger partial charge in [-0.2, -0.15) is 0 Å². The third-order valence-electron chi connectivity index (χ3n) is 3.84. The van der Waals surface area contributed by atoms with Gasteiger partial charge in [0.2, 0.25) is 0 Å². The van der Waals surface area contributed by atoms with E-state index in [1.165, 1.54) is 17.2 Å². The molecule has 1 aromatic carbocycles. The van der Waals surface area contributed by atoms with Crippen LogP contribution in [0, 0.1) is 0 Å². The van der Waals surface area contributed by atoms with Crippen LogP contribution in [-0.4, -0.2) is 50.6 Å². The van der Waals surface area contributed by atoms with Crippen molar-refractivity contribution < 1.29 is 8.42 Å². The topological polar surface area (TPSA) is 75.5 Å². The number of guanidine groups is 1. The molecule has 0 fully saturated rings. The molecule has 146 valence electrons. The highest BCUT2D eigenvalue weighted by atomic mass is 127. The van der Waals surface area contributed by atoms with Crippen molar-refractivity contribution >= 4 is 50.7 Å². The second-order valence-electron chi connectivity index (χ2n) is 6.09. The van der Waals surface area contributed by atoms with Crippen molar-refractivity contribution in [2.45, 2.75) is 26.3 Å². The number of halogens is 1. The molecule has 0 amide bonds. The van der Waals surface area contributed by atoms with Crippen LogP contribution in [0.15, 0.2) is 41.5 Å². The first-order chi connectivity index (χ1) is 12.0. The van der Waals surface area contributed by atoms with Gasteiger partial charge in [-0.15, -0.1) is 24.0 Å². The summed E-state index contributed by atoms with van der Waals surface area (Å²) in [5, 5.41) is 7.63. The number of nitrogens with one attached hydrogen (secondary N) is 2. The molecule has 1 aromatic heterocycles. The third-order valence-corrected chi connectivity index (χ3v) is 4.87. The van der Waals surface area contributed by atoms with E-state index in [1.807, 2.05) is 6.92 Å². The largest absolute Gasteiger partial charge is 0.357 e. The Hall–Kier alpha value is -1.29. The van der Waals surface area contributed by atoms with Crippen LogP contribution in [0.4, 0.5) is 0 Å². The Bertz CT molecular complexity index is 802.